The van der Waals surface area contributed by atoms with Crippen molar-refractivity contribution in [3.8, 4) is 0 Å². The molecule has 1 atom stereocenters. The van der Waals surface area contributed by atoms with E-state index in [-0.39, 0.29) is 18.0 Å². The van der Waals surface area contributed by atoms with Crippen LogP contribution in [-0.4, -0.2) is 35.2 Å². The number of carboxylic acids is 2. The molecule has 0 radical (unpaired) electrons. The summed E-state index contributed by atoms with van der Waals surface area (Å²) in [5.41, 5.74) is -0.275. The van der Waals surface area contributed by atoms with E-state index in [1.54, 1.807) is 0 Å². The highest BCUT2D eigenvalue weighted by molar-refractivity contribution is 5.93. The van der Waals surface area contributed by atoms with Gasteiger partial charge in [-0.25, -0.2) is 4.79 Å². The Kier molecular flexibility index (Phi) is 9.07. The Morgan fingerprint density at radius 1 is 1.05 bits per heavy atom. The first-order chi connectivity index (χ1) is 9.40. The third kappa shape index (κ3) is 7.56. The van der Waals surface area contributed by atoms with Crippen LogP contribution in [0.3, 0.4) is 0 Å². The molecule has 0 heterocycles. The molecular weight excluding hydrogens is 264 g/mol. The minimum Gasteiger partial charge on any atom is -0.481 e. The quantitative estimate of drug-likeness (QED) is 0.343. The average Bonchev–Trinajstić information content (AvgIpc) is 2.40. The van der Waals surface area contributed by atoms with Crippen LogP contribution in [0.1, 0.15) is 44.9 Å². The number of rotatable bonds is 11. The number of aliphatic carboxylic acids is 2. The summed E-state index contributed by atoms with van der Waals surface area (Å²) in [6, 6.07) is 0. The number of esters is 1. The third-order valence-corrected chi connectivity index (χ3v) is 3.09. The van der Waals surface area contributed by atoms with Crippen molar-refractivity contribution in [2.75, 3.05) is 7.11 Å². The van der Waals surface area contributed by atoms with E-state index in [0.29, 0.717) is 12.8 Å². The Morgan fingerprint density at radius 2 is 1.60 bits per heavy atom. The van der Waals surface area contributed by atoms with E-state index in [9.17, 15) is 14.4 Å². The molecule has 0 fully saturated rings. The summed E-state index contributed by atoms with van der Waals surface area (Å²) in [6.07, 6.45) is 4.59. The van der Waals surface area contributed by atoms with Gasteiger partial charge >= 0.3 is 17.9 Å². The van der Waals surface area contributed by atoms with Gasteiger partial charge in [-0.1, -0.05) is 32.3 Å². The lowest BCUT2D eigenvalue weighted by molar-refractivity contribution is -0.144. The Hall–Kier alpha value is -1.85. The monoisotopic (exact) mass is 286 g/mol. The fraction of sp³-hybridized carbons (Fsp3) is 0.643. The van der Waals surface area contributed by atoms with E-state index in [4.69, 9.17) is 10.2 Å². The second-order valence-electron chi connectivity index (χ2n) is 4.60. The highest BCUT2D eigenvalue weighted by Crippen LogP contribution is 2.19. The van der Waals surface area contributed by atoms with E-state index >= 15 is 0 Å². The van der Waals surface area contributed by atoms with E-state index in [2.05, 4.69) is 11.3 Å². The van der Waals surface area contributed by atoms with Gasteiger partial charge < -0.3 is 14.9 Å². The maximum Gasteiger partial charge on any atom is 0.331 e. The normalized spacial score (nSPS) is 11.7. The molecule has 0 saturated carbocycles. The van der Waals surface area contributed by atoms with Crippen LogP contribution in [0, 0.1) is 5.92 Å². The molecule has 0 bridgehead atoms. The Labute approximate surface area is 118 Å². The van der Waals surface area contributed by atoms with Crippen molar-refractivity contribution < 1.29 is 29.3 Å². The Balaban J connectivity index is 3.81. The minimum atomic E-state index is -1.27. The van der Waals surface area contributed by atoms with Gasteiger partial charge in [-0.05, 0) is 12.8 Å². The van der Waals surface area contributed by atoms with Crippen molar-refractivity contribution in [3.05, 3.63) is 12.2 Å². The Morgan fingerprint density at radius 3 is 2.10 bits per heavy atom. The number of hydrogen-bond donors (Lipinski definition) is 2. The molecule has 0 saturated heterocycles. The van der Waals surface area contributed by atoms with E-state index in [1.165, 1.54) is 7.11 Å². The molecule has 0 unspecified atom stereocenters. The minimum absolute atomic E-state index is 0.228. The van der Waals surface area contributed by atoms with E-state index in [1.807, 2.05) is 0 Å². The molecule has 0 aliphatic heterocycles. The maximum atomic E-state index is 10.9. The smallest absolute Gasteiger partial charge is 0.331 e. The van der Waals surface area contributed by atoms with Crippen molar-refractivity contribution in [2.45, 2.75) is 44.9 Å². The third-order valence-electron chi connectivity index (χ3n) is 3.09. The van der Waals surface area contributed by atoms with Crippen molar-refractivity contribution >= 4 is 17.9 Å². The second-order valence-corrected chi connectivity index (χ2v) is 4.60. The predicted molar refractivity (Wildman–Crippen MR) is 72.2 cm³/mol. The zero-order chi connectivity index (χ0) is 15.5. The summed E-state index contributed by atoms with van der Waals surface area (Å²) < 4.78 is 4.51. The molecule has 0 aromatic carbocycles. The van der Waals surface area contributed by atoms with Gasteiger partial charge in [0.1, 0.15) is 0 Å². The molecule has 20 heavy (non-hydrogen) atoms. The Bertz CT molecular complexity index is 361. The van der Waals surface area contributed by atoms with Gasteiger partial charge in [0, 0.05) is 12.0 Å². The van der Waals surface area contributed by atoms with Crippen LogP contribution < -0.4 is 0 Å². The zero-order valence-corrected chi connectivity index (χ0v) is 11.8. The van der Waals surface area contributed by atoms with Gasteiger partial charge in [-0.15, -0.1) is 0 Å². The van der Waals surface area contributed by atoms with E-state index in [0.717, 1.165) is 25.7 Å². The lowest BCUT2D eigenvalue weighted by Gasteiger charge is -2.11. The number of ether oxygens (including phenoxy) is 1. The summed E-state index contributed by atoms with van der Waals surface area (Å²) in [5.74, 6) is -3.67. The first-order valence-electron chi connectivity index (χ1n) is 6.61. The molecule has 0 aliphatic carbocycles. The lowest BCUT2D eigenvalue weighted by atomic mass is 9.94. The number of carbonyl (C=O) groups excluding carboxylic acids is 1. The topological polar surface area (TPSA) is 101 Å². The van der Waals surface area contributed by atoms with Crippen molar-refractivity contribution in [1.82, 2.24) is 0 Å². The summed E-state index contributed by atoms with van der Waals surface area (Å²) >= 11 is 0. The molecule has 0 amide bonds. The highest BCUT2D eigenvalue weighted by atomic mass is 16.5. The maximum absolute atomic E-state index is 10.9. The SMILES string of the molecule is C=C(C(=O)O)[C@H](CCCCCCCC(=O)OC)C(=O)O. The molecule has 0 spiro atoms. The highest BCUT2D eigenvalue weighted by Gasteiger charge is 2.24. The van der Waals surface area contributed by atoms with Crippen LogP contribution in [0.25, 0.3) is 0 Å². The van der Waals surface area contributed by atoms with Crippen LogP contribution in [-0.2, 0) is 19.1 Å². The molecule has 6 heteroatoms. The largest absolute Gasteiger partial charge is 0.481 e. The fourth-order valence-corrected chi connectivity index (χ4v) is 1.85. The molecule has 0 aromatic heterocycles. The number of hydrogen-bond acceptors (Lipinski definition) is 4. The standard InChI is InChI=1S/C14H22O6/c1-10(13(16)17)11(14(18)19)8-6-4-3-5-7-9-12(15)20-2/h11H,1,3-9H2,2H3,(H,16,17)(H,18,19)/t11-/m0/s1. The van der Waals surface area contributed by atoms with Crippen molar-refractivity contribution in [2.24, 2.45) is 5.92 Å². The summed E-state index contributed by atoms with van der Waals surface area (Å²) in [5, 5.41) is 17.7. The van der Waals surface area contributed by atoms with E-state index < -0.39 is 17.9 Å². The molecule has 6 nitrogen and oxygen atoms in total. The molecule has 2 N–H and O–H groups in total. The van der Waals surface area contributed by atoms with Crippen molar-refractivity contribution in [1.29, 1.82) is 0 Å². The van der Waals surface area contributed by atoms with Gasteiger partial charge in [-0.3, -0.25) is 9.59 Å². The molecule has 0 aromatic rings. The fourth-order valence-electron chi connectivity index (χ4n) is 1.85. The first kappa shape index (κ1) is 18.1. The zero-order valence-electron chi connectivity index (χ0n) is 11.8. The number of unbranched alkanes of at least 4 members (excludes halogenated alkanes) is 4. The van der Waals surface area contributed by atoms with Gasteiger partial charge in [0.2, 0.25) is 0 Å². The second kappa shape index (κ2) is 10.00. The van der Waals surface area contributed by atoms with Crippen LogP contribution in [0.15, 0.2) is 12.2 Å². The van der Waals surface area contributed by atoms with Crippen molar-refractivity contribution in [3.63, 3.8) is 0 Å². The van der Waals surface area contributed by atoms with Gasteiger partial charge in [0.05, 0.1) is 13.0 Å². The molecule has 0 rings (SSSR count). The van der Waals surface area contributed by atoms with Crippen LogP contribution in [0.5, 0.6) is 0 Å². The summed E-state index contributed by atoms with van der Waals surface area (Å²) in [6.45, 7) is 3.30. The number of carboxylic acid groups (broad SMARTS) is 2. The number of carbonyl (C=O) groups is 3. The van der Waals surface area contributed by atoms with Crippen LogP contribution in [0.2, 0.25) is 0 Å². The molecular formula is C14H22O6. The first-order valence-corrected chi connectivity index (χ1v) is 6.61. The van der Waals surface area contributed by atoms with Gasteiger partial charge in [0.15, 0.2) is 0 Å². The van der Waals surface area contributed by atoms with Gasteiger partial charge in [-0.2, -0.15) is 0 Å². The van der Waals surface area contributed by atoms with Crippen LogP contribution >= 0.6 is 0 Å². The summed E-state index contributed by atoms with van der Waals surface area (Å²) in [7, 11) is 1.35. The van der Waals surface area contributed by atoms with Crippen LogP contribution in [0.4, 0.5) is 0 Å². The lowest BCUT2D eigenvalue weighted by Crippen LogP contribution is -2.20. The number of methoxy groups -OCH3 is 1. The predicted octanol–water partition coefficient (Wildman–Crippen LogP) is 2.23. The molecule has 0 aliphatic rings. The van der Waals surface area contributed by atoms with Gasteiger partial charge in [0.25, 0.3) is 0 Å². The summed E-state index contributed by atoms with van der Waals surface area (Å²) in [4.78, 5) is 32.5. The average molecular weight is 286 g/mol. The molecule has 114 valence electrons.